The van der Waals surface area contributed by atoms with Crippen LogP contribution >= 0.6 is 0 Å². The summed E-state index contributed by atoms with van der Waals surface area (Å²) < 4.78 is 0. The molecule has 63 valence electrons. The van der Waals surface area contributed by atoms with Crippen molar-refractivity contribution in [2.45, 2.75) is 20.8 Å². The van der Waals surface area contributed by atoms with Crippen molar-refractivity contribution in [2.24, 2.45) is 0 Å². The maximum atomic E-state index is 2.20. The van der Waals surface area contributed by atoms with E-state index in [1.165, 1.54) is 17.1 Å². The Hall–Kier alpha value is -1.04. The van der Waals surface area contributed by atoms with Gasteiger partial charge in [0.2, 0.25) is 0 Å². The number of hydrogen-bond acceptors (Lipinski definition) is 0. The highest BCUT2D eigenvalue weighted by Gasteiger charge is 1.95. The first kappa shape index (κ1) is 9.05. The SMILES string of the molecule is C[C](C)C(C)=Cc1ccccc1. The zero-order chi connectivity index (χ0) is 8.97. The first-order valence-electron chi connectivity index (χ1n) is 4.24. The monoisotopic (exact) mass is 159 g/mol. The van der Waals surface area contributed by atoms with Gasteiger partial charge >= 0.3 is 0 Å². The molecule has 1 rings (SSSR count). The molecule has 0 saturated carbocycles. The molecule has 0 spiro atoms. The standard InChI is InChI=1S/C12H15/c1-10(2)11(3)9-12-7-5-4-6-8-12/h4-9H,1-3H3. The van der Waals surface area contributed by atoms with Crippen molar-refractivity contribution in [1.82, 2.24) is 0 Å². The van der Waals surface area contributed by atoms with Gasteiger partial charge < -0.3 is 0 Å². The van der Waals surface area contributed by atoms with Gasteiger partial charge in [0.15, 0.2) is 0 Å². The van der Waals surface area contributed by atoms with Gasteiger partial charge in [0.1, 0.15) is 0 Å². The third-order valence-electron chi connectivity index (χ3n) is 1.97. The highest BCUT2D eigenvalue weighted by molar-refractivity contribution is 5.55. The van der Waals surface area contributed by atoms with Crippen molar-refractivity contribution >= 4 is 6.08 Å². The lowest BCUT2D eigenvalue weighted by molar-refractivity contribution is 1.12. The van der Waals surface area contributed by atoms with E-state index in [2.05, 4.69) is 51.1 Å². The predicted octanol–water partition coefficient (Wildman–Crippen LogP) is 3.70. The minimum atomic E-state index is 1.27. The van der Waals surface area contributed by atoms with E-state index in [0.717, 1.165) is 0 Å². The average molecular weight is 159 g/mol. The molecular weight excluding hydrogens is 144 g/mol. The lowest BCUT2D eigenvalue weighted by Gasteiger charge is -2.03. The topological polar surface area (TPSA) is 0 Å². The molecule has 0 amide bonds. The quantitative estimate of drug-likeness (QED) is 0.617. The summed E-state index contributed by atoms with van der Waals surface area (Å²) in [5, 5.41) is 0. The Morgan fingerprint density at radius 2 is 1.58 bits per heavy atom. The smallest absolute Gasteiger partial charge is 0.00558 e. The van der Waals surface area contributed by atoms with Crippen molar-refractivity contribution in [3.05, 3.63) is 47.4 Å². The summed E-state index contributed by atoms with van der Waals surface area (Å²) in [4.78, 5) is 0. The number of allylic oxidation sites excluding steroid dienone is 1. The van der Waals surface area contributed by atoms with E-state index in [0.29, 0.717) is 0 Å². The summed E-state index contributed by atoms with van der Waals surface area (Å²) in [5.41, 5.74) is 2.62. The van der Waals surface area contributed by atoms with E-state index in [-0.39, 0.29) is 0 Å². The highest BCUT2D eigenvalue weighted by Crippen LogP contribution is 2.14. The van der Waals surface area contributed by atoms with Crippen LogP contribution in [-0.4, -0.2) is 0 Å². The molecule has 0 aliphatic rings. The summed E-state index contributed by atoms with van der Waals surface area (Å²) in [6.07, 6.45) is 2.20. The normalized spacial score (nSPS) is 12.2. The van der Waals surface area contributed by atoms with E-state index in [1.54, 1.807) is 0 Å². The first-order chi connectivity index (χ1) is 5.70. The Kier molecular flexibility index (Phi) is 3.09. The third kappa shape index (κ3) is 2.54. The van der Waals surface area contributed by atoms with Crippen molar-refractivity contribution in [3.8, 4) is 0 Å². The molecule has 0 N–H and O–H groups in total. The van der Waals surface area contributed by atoms with Crippen LogP contribution in [0.2, 0.25) is 0 Å². The predicted molar refractivity (Wildman–Crippen MR) is 54.7 cm³/mol. The van der Waals surface area contributed by atoms with E-state index in [1.807, 2.05) is 6.07 Å². The van der Waals surface area contributed by atoms with Gasteiger partial charge in [-0.25, -0.2) is 0 Å². The minimum Gasteiger partial charge on any atom is -0.0662 e. The zero-order valence-corrected chi connectivity index (χ0v) is 7.96. The number of hydrogen-bond donors (Lipinski definition) is 0. The maximum absolute atomic E-state index is 2.20. The summed E-state index contributed by atoms with van der Waals surface area (Å²) in [5.74, 6) is 1.37. The molecule has 1 aromatic carbocycles. The van der Waals surface area contributed by atoms with Crippen LogP contribution in [0.15, 0.2) is 35.9 Å². The van der Waals surface area contributed by atoms with Gasteiger partial charge in [-0.05, 0) is 18.4 Å². The summed E-state index contributed by atoms with van der Waals surface area (Å²) in [6.45, 7) is 6.41. The van der Waals surface area contributed by atoms with Crippen molar-refractivity contribution < 1.29 is 0 Å². The summed E-state index contributed by atoms with van der Waals surface area (Å²) >= 11 is 0. The maximum Gasteiger partial charge on any atom is -0.00558 e. The minimum absolute atomic E-state index is 1.27. The molecule has 0 bridgehead atoms. The fourth-order valence-electron chi connectivity index (χ4n) is 0.944. The van der Waals surface area contributed by atoms with E-state index in [9.17, 15) is 0 Å². The van der Waals surface area contributed by atoms with Gasteiger partial charge in [-0.15, -0.1) is 0 Å². The zero-order valence-electron chi connectivity index (χ0n) is 7.96. The lowest BCUT2D eigenvalue weighted by Crippen LogP contribution is -1.85. The van der Waals surface area contributed by atoms with Gasteiger partial charge in [-0.1, -0.05) is 55.8 Å². The summed E-state index contributed by atoms with van der Waals surface area (Å²) in [6, 6.07) is 10.4. The molecule has 1 radical (unpaired) electrons. The van der Waals surface area contributed by atoms with Crippen molar-refractivity contribution in [1.29, 1.82) is 0 Å². The molecule has 0 fully saturated rings. The second kappa shape index (κ2) is 4.10. The van der Waals surface area contributed by atoms with Crippen LogP contribution in [0.4, 0.5) is 0 Å². The van der Waals surface area contributed by atoms with Gasteiger partial charge in [-0.3, -0.25) is 0 Å². The van der Waals surface area contributed by atoms with Crippen LogP contribution in [0.5, 0.6) is 0 Å². The largest absolute Gasteiger partial charge is 0.0662 e. The number of rotatable bonds is 2. The van der Waals surface area contributed by atoms with E-state index in [4.69, 9.17) is 0 Å². The molecule has 0 unspecified atom stereocenters. The molecule has 12 heavy (non-hydrogen) atoms. The van der Waals surface area contributed by atoms with Gasteiger partial charge in [0.05, 0.1) is 0 Å². The third-order valence-corrected chi connectivity index (χ3v) is 1.97. The molecule has 1 aromatic rings. The molecule has 0 aliphatic carbocycles. The van der Waals surface area contributed by atoms with Gasteiger partial charge in [-0.2, -0.15) is 0 Å². The van der Waals surface area contributed by atoms with Gasteiger partial charge in [0.25, 0.3) is 0 Å². The van der Waals surface area contributed by atoms with Crippen LogP contribution in [0.3, 0.4) is 0 Å². The summed E-state index contributed by atoms with van der Waals surface area (Å²) in [7, 11) is 0. The molecular formula is C12H15. The fourth-order valence-corrected chi connectivity index (χ4v) is 0.944. The van der Waals surface area contributed by atoms with Crippen molar-refractivity contribution in [2.75, 3.05) is 0 Å². The Balaban J connectivity index is 2.81. The molecule has 0 nitrogen and oxygen atoms in total. The van der Waals surface area contributed by atoms with Crippen LogP contribution in [0.1, 0.15) is 26.3 Å². The highest BCUT2D eigenvalue weighted by atomic mass is 14.0. The second-order valence-electron chi connectivity index (χ2n) is 3.24. The van der Waals surface area contributed by atoms with Crippen LogP contribution in [0.25, 0.3) is 6.08 Å². The second-order valence-corrected chi connectivity index (χ2v) is 3.24. The molecule has 0 heterocycles. The Bertz CT molecular complexity index is 255. The van der Waals surface area contributed by atoms with Crippen LogP contribution in [-0.2, 0) is 0 Å². The Labute approximate surface area is 74.9 Å². The molecule has 0 aliphatic heterocycles. The molecule has 0 saturated heterocycles. The average Bonchev–Trinajstić information content (AvgIpc) is 2.06. The first-order valence-corrected chi connectivity index (χ1v) is 4.24. The van der Waals surface area contributed by atoms with E-state index < -0.39 is 0 Å². The van der Waals surface area contributed by atoms with E-state index >= 15 is 0 Å². The Morgan fingerprint density at radius 1 is 1.00 bits per heavy atom. The number of benzene rings is 1. The fraction of sp³-hybridized carbons (Fsp3) is 0.250. The molecule has 0 heteroatoms. The Morgan fingerprint density at radius 3 is 2.08 bits per heavy atom. The molecule has 0 atom stereocenters. The van der Waals surface area contributed by atoms with Crippen molar-refractivity contribution in [3.63, 3.8) is 0 Å². The lowest BCUT2D eigenvalue weighted by atomic mass is 10.0. The van der Waals surface area contributed by atoms with Gasteiger partial charge in [0, 0.05) is 0 Å². The van der Waals surface area contributed by atoms with Crippen LogP contribution < -0.4 is 0 Å². The molecule has 0 aromatic heterocycles. The van der Waals surface area contributed by atoms with Crippen LogP contribution in [0, 0.1) is 5.92 Å².